The maximum atomic E-state index is 10.1. The summed E-state index contributed by atoms with van der Waals surface area (Å²) in [6, 6.07) is 5.77. The Morgan fingerprint density at radius 1 is 1.50 bits per heavy atom. The lowest BCUT2D eigenvalue weighted by molar-refractivity contribution is 0.165. The third kappa shape index (κ3) is 2.73. The number of ether oxygens (including phenoxy) is 1. The molecule has 1 unspecified atom stereocenters. The van der Waals surface area contributed by atoms with Crippen LogP contribution in [0.1, 0.15) is 17.5 Å². The number of methoxy groups -OCH3 is 1. The highest BCUT2D eigenvalue weighted by Crippen LogP contribution is 2.27. The Bertz CT molecular complexity index is 540. The normalized spacial score (nSPS) is 12.4. The van der Waals surface area contributed by atoms with Crippen LogP contribution in [0.25, 0.3) is 0 Å². The molecule has 0 spiro atoms. The van der Waals surface area contributed by atoms with Crippen LogP contribution in [-0.4, -0.2) is 21.8 Å². The lowest BCUT2D eigenvalue weighted by atomic mass is 10.1. The van der Waals surface area contributed by atoms with Crippen LogP contribution in [0.4, 0.5) is 0 Å². The van der Waals surface area contributed by atoms with Crippen LogP contribution in [0.3, 0.4) is 0 Å². The molecule has 0 amide bonds. The van der Waals surface area contributed by atoms with Gasteiger partial charge in [-0.05, 0) is 33.6 Å². The third-order valence-electron chi connectivity index (χ3n) is 2.80. The number of aromatic nitrogens is 2. The minimum Gasteiger partial charge on any atom is -0.496 e. The molecule has 4 nitrogen and oxygen atoms in total. The van der Waals surface area contributed by atoms with Crippen molar-refractivity contribution in [2.24, 2.45) is 7.05 Å². The maximum Gasteiger partial charge on any atom is 0.137 e. The summed E-state index contributed by atoms with van der Waals surface area (Å²) in [7, 11) is 3.50. The van der Waals surface area contributed by atoms with Gasteiger partial charge in [0, 0.05) is 25.9 Å². The summed E-state index contributed by atoms with van der Waals surface area (Å²) < 4.78 is 7.88. The van der Waals surface area contributed by atoms with Gasteiger partial charge >= 0.3 is 0 Å². The smallest absolute Gasteiger partial charge is 0.137 e. The van der Waals surface area contributed by atoms with E-state index in [0.717, 1.165) is 15.8 Å². The number of halogens is 1. The molecule has 0 saturated heterocycles. The van der Waals surface area contributed by atoms with Crippen molar-refractivity contribution in [2.45, 2.75) is 12.5 Å². The van der Waals surface area contributed by atoms with Crippen LogP contribution in [0.5, 0.6) is 5.75 Å². The second kappa shape index (κ2) is 5.54. The van der Waals surface area contributed by atoms with Crippen molar-refractivity contribution in [3.8, 4) is 5.75 Å². The lowest BCUT2D eigenvalue weighted by Crippen LogP contribution is -2.08. The molecule has 0 aliphatic carbocycles. The molecule has 5 heteroatoms. The van der Waals surface area contributed by atoms with E-state index < -0.39 is 6.10 Å². The van der Waals surface area contributed by atoms with E-state index in [0.29, 0.717) is 12.2 Å². The zero-order valence-corrected chi connectivity index (χ0v) is 11.9. The van der Waals surface area contributed by atoms with E-state index in [4.69, 9.17) is 4.74 Å². The summed E-state index contributed by atoms with van der Waals surface area (Å²) in [5.41, 5.74) is 1.03. The topological polar surface area (TPSA) is 47.3 Å². The maximum absolute atomic E-state index is 10.1. The Morgan fingerprint density at radius 3 is 2.83 bits per heavy atom. The zero-order valence-electron chi connectivity index (χ0n) is 10.3. The van der Waals surface area contributed by atoms with Crippen molar-refractivity contribution in [3.05, 3.63) is 46.5 Å². The minimum absolute atomic E-state index is 0.521. The van der Waals surface area contributed by atoms with Crippen molar-refractivity contribution in [1.29, 1.82) is 0 Å². The van der Waals surface area contributed by atoms with Gasteiger partial charge < -0.3 is 14.4 Å². The standard InChI is InChI=1S/C13H15BrN2O2/c1-16-6-5-15-13(16)11(17)8-9-3-4-12(18-2)10(14)7-9/h3-7,11,17H,8H2,1-2H3. The average Bonchev–Trinajstić information content (AvgIpc) is 2.76. The fraction of sp³-hybridized carbons (Fsp3) is 0.308. The number of nitrogens with zero attached hydrogens (tertiary/aromatic N) is 2. The highest BCUT2D eigenvalue weighted by Gasteiger charge is 2.13. The molecule has 1 aromatic heterocycles. The van der Waals surface area contributed by atoms with Crippen molar-refractivity contribution in [1.82, 2.24) is 9.55 Å². The summed E-state index contributed by atoms with van der Waals surface area (Å²) in [6.45, 7) is 0. The number of benzene rings is 1. The molecule has 0 radical (unpaired) electrons. The Morgan fingerprint density at radius 2 is 2.28 bits per heavy atom. The summed E-state index contributed by atoms with van der Waals surface area (Å²) in [6.07, 6.45) is 3.42. The van der Waals surface area contributed by atoms with E-state index in [2.05, 4.69) is 20.9 Å². The third-order valence-corrected chi connectivity index (χ3v) is 3.42. The lowest BCUT2D eigenvalue weighted by Gasteiger charge is -2.12. The molecule has 2 aromatic rings. The highest BCUT2D eigenvalue weighted by molar-refractivity contribution is 9.10. The van der Waals surface area contributed by atoms with Crippen LogP contribution in [0.15, 0.2) is 35.1 Å². The predicted octanol–water partition coefficient (Wildman–Crippen LogP) is 2.47. The molecule has 1 atom stereocenters. The van der Waals surface area contributed by atoms with Gasteiger partial charge in [-0.1, -0.05) is 6.07 Å². The molecule has 1 heterocycles. The van der Waals surface area contributed by atoms with Gasteiger partial charge in [-0.15, -0.1) is 0 Å². The van der Waals surface area contributed by atoms with Crippen LogP contribution in [-0.2, 0) is 13.5 Å². The Hall–Kier alpha value is -1.33. The molecule has 0 aliphatic heterocycles. The SMILES string of the molecule is COc1ccc(CC(O)c2nccn2C)cc1Br. The number of imidazole rings is 1. The largest absolute Gasteiger partial charge is 0.496 e. The van der Waals surface area contributed by atoms with Crippen molar-refractivity contribution >= 4 is 15.9 Å². The van der Waals surface area contributed by atoms with E-state index in [1.54, 1.807) is 13.3 Å². The van der Waals surface area contributed by atoms with Gasteiger partial charge in [0.15, 0.2) is 0 Å². The van der Waals surface area contributed by atoms with Crippen molar-refractivity contribution in [2.75, 3.05) is 7.11 Å². The minimum atomic E-state index is -0.606. The quantitative estimate of drug-likeness (QED) is 0.943. The Labute approximate surface area is 114 Å². The van der Waals surface area contributed by atoms with E-state index in [9.17, 15) is 5.11 Å². The van der Waals surface area contributed by atoms with Gasteiger partial charge in [0.05, 0.1) is 11.6 Å². The Balaban J connectivity index is 2.15. The molecule has 0 fully saturated rings. The summed E-state index contributed by atoms with van der Waals surface area (Å²) >= 11 is 3.43. The average molecular weight is 311 g/mol. The fourth-order valence-corrected chi connectivity index (χ4v) is 2.44. The van der Waals surface area contributed by atoms with Crippen molar-refractivity contribution < 1.29 is 9.84 Å². The Kier molecular flexibility index (Phi) is 4.04. The predicted molar refractivity (Wildman–Crippen MR) is 72.6 cm³/mol. The van der Waals surface area contributed by atoms with Gasteiger partial charge in [0.25, 0.3) is 0 Å². The summed E-state index contributed by atoms with van der Waals surface area (Å²) in [5.74, 6) is 1.45. The fourth-order valence-electron chi connectivity index (χ4n) is 1.85. The molecule has 0 aliphatic rings. The molecular weight excluding hydrogens is 296 g/mol. The molecule has 2 rings (SSSR count). The monoisotopic (exact) mass is 310 g/mol. The number of aliphatic hydroxyl groups excluding tert-OH is 1. The van der Waals surface area contributed by atoms with Gasteiger partial charge in [0.2, 0.25) is 0 Å². The van der Waals surface area contributed by atoms with Crippen LogP contribution in [0.2, 0.25) is 0 Å². The highest BCUT2D eigenvalue weighted by atomic mass is 79.9. The number of aliphatic hydroxyl groups is 1. The first-order chi connectivity index (χ1) is 8.61. The molecule has 18 heavy (non-hydrogen) atoms. The molecular formula is C13H15BrN2O2. The van der Waals surface area contributed by atoms with Crippen LogP contribution >= 0.6 is 15.9 Å². The first kappa shape index (κ1) is 13.1. The number of aryl methyl sites for hydroxylation is 1. The summed E-state index contributed by atoms with van der Waals surface area (Å²) in [4.78, 5) is 4.14. The first-order valence-corrected chi connectivity index (χ1v) is 6.39. The van der Waals surface area contributed by atoms with E-state index >= 15 is 0 Å². The molecule has 1 N–H and O–H groups in total. The first-order valence-electron chi connectivity index (χ1n) is 5.59. The van der Waals surface area contributed by atoms with Crippen LogP contribution in [0, 0.1) is 0 Å². The second-order valence-corrected chi connectivity index (χ2v) is 4.94. The molecule has 0 saturated carbocycles. The second-order valence-electron chi connectivity index (χ2n) is 4.09. The number of hydrogen-bond acceptors (Lipinski definition) is 3. The van der Waals surface area contributed by atoms with Gasteiger partial charge in [0.1, 0.15) is 17.7 Å². The van der Waals surface area contributed by atoms with E-state index in [-0.39, 0.29) is 0 Å². The van der Waals surface area contributed by atoms with E-state index in [1.165, 1.54) is 0 Å². The van der Waals surface area contributed by atoms with Gasteiger partial charge in [-0.3, -0.25) is 0 Å². The number of rotatable bonds is 4. The van der Waals surface area contributed by atoms with Gasteiger partial charge in [-0.25, -0.2) is 4.98 Å². The van der Waals surface area contributed by atoms with Gasteiger partial charge in [-0.2, -0.15) is 0 Å². The van der Waals surface area contributed by atoms with E-state index in [1.807, 2.05) is 36.0 Å². The summed E-state index contributed by atoms with van der Waals surface area (Å²) in [5, 5.41) is 10.1. The molecule has 96 valence electrons. The zero-order chi connectivity index (χ0) is 13.1. The number of hydrogen-bond donors (Lipinski definition) is 1. The van der Waals surface area contributed by atoms with Crippen molar-refractivity contribution in [3.63, 3.8) is 0 Å². The molecule has 1 aromatic carbocycles. The van der Waals surface area contributed by atoms with Crippen LogP contribution < -0.4 is 4.74 Å². The molecule has 0 bridgehead atoms.